The van der Waals surface area contributed by atoms with Crippen molar-refractivity contribution in [2.45, 2.75) is 37.4 Å². The van der Waals surface area contributed by atoms with E-state index in [-0.39, 0.29) is 34.2 Å². The van der Waals surface area contributed by atoms with Crippen LogP contribution in [0.15, 0.2) is 21.5 Å². The summed E-state index contributed by atoms with van der Waals surface area (Å²) in [5.41, 5.74) is 5.00. The highest BCUT2D eigenvalue weighted by atomic mass is 79.9. The van der Waals surface area contributed by atoms with Gasteiger partial charge in [0.2, 0.25) is 10.0 Å². The molecule has 1 aromatic carbocycles. The summed E-state index contributed by atoms with van der Waals surface area (Å²) in [6.45, 7) is 5.92. The Balaban J connectivity index is 2.45. The molecule has 0 aliphatic carbocycles. The third kappa shape index (κ3) is 3.39. The van der Waals surface area contributed by atoms with E-state index in [1.54, 1.807) is 0 Å². The summed E-state index contributed by atoms with van der Waals surface area (Å²) < 4.78 is 46.0. The smallest absolute Gasteiger partial charge is 0.245 e. The molecule has 2 rings (SSSR count). The molecule has 1 unspecified atom stereocenters. The Hall–Kier alpha value is -0.700. The Morgan fingerprint density at radius 3 is 2.67 bits per heavy atom. The zero-order valence-electron chi connectivity index (χ0n) is 12.1. The van der Waals surface area contributed by atoms with Gasteiger partial charge in [-0.1, -0.05) is 0 Å². The second-order valence-electron chi connectivity index (χ2n) is 5.79. The lowest BCUT2D eigenvalue weighted by molar-refractivity contribution is -0.109. The summed E-state index contributed by atoms with van der Waals surface area (Å²) in [5, 5.41) is 0. The standard InChI is InChI=1S/C13H18BrFN2O3S/c1-8-6-17(7-13(2,3)20-8)21(18,19)12-4-9(14)10(15)5-11(12)16/h4-5,8H,6-7,16H2,1-3H3. The minimum absolute atomic E-state index is 0.0656. The summed E-state index contributed by atoms with van der Waals surface area (Å²) in [6, 6.07) is 2.21. The highest BCUT2D eigenvalue weighted by Crippen LogP contribution is 2.31. The molecule has 1 aliphatic heterocycles. The van der Waals surface area contributed by atoms with Crippen LogP contribution in [0.1, 0.15) is 20.8 Å². The summed E-state index contributed by atoms with van der Waals surface area (Å²) in [6.07, 6.45) is -0.228. The van der Waals surface area contributed by atoms with E-state index in [1.165, 1.54) is 10.4 Å². The number of sulfonamides is 1. The predicted molar refractivity (Wildman–Crippen MR) is 81.9 cm³/mol. The molecule has 2 N–H and O–H groups in total. The minimum Gasteiger partial charge on any atom is -0.398 e. The highest BCUT2D eigenvalue weighted by Gasteiger charge is 2.38. The number of hydrogen-bond donors (Lipinski definition) is 1. The zero-order chi connectivity index (χ0) is 16.0. The number of hydrogen-bond acceptors (Lipinski definition) is 4. The van der Waals surface area contributed by atoms with Crippen molar-refractivity contribution in [2.24, 2.45) is 0 Å². The molecule has 1 fully saturated rings. The van der Waals surface area contributed by atoms with E-state index in [4.69, 9.17) is 10.5 Å². The van der Waals surface area contributed by atoms with Gasteiger partial charge in [-0.05, 0) is 48.8 Å². The van der Waals surface area contributed by atoms with Crippen LogP contribution >= 0.6 is 15.9 Å². The molecule has 1 saturated heterocycles. The van der Waals surface area contributed by atoms with Crippen LogP contribution in [0.4, 0.5) is 10.1 Å². The van der Waals surface area contributed by atoms with Crippen LogP contribution in [0.2, 0.25) is 0 Å². The zero-order valence-corrected chi connectivity index (χ0v) is 14.5. The molecule has 0 radical (unpaired) electrons. The summed E-state index contributed by atoms with van der Waals surface area (Å²) in [4.78, 5) is -0.0966. The molecule has 0 spiro atoms. The first-order chi connectivity index (χ1) is 9.53. The van der Waals surface area contributed by atoms with Crippen molar-refractivity contribution >= 4 is 31.6 Å². The van der Waals surface area contributed by atoms with Gasteiger partial charge in [0.1, 0.15) is 10.7 Å². The minimum atomic E-state index is -3.80. The number of benzene rings is 1. The van der Waals surface area contributed by atoms with Gasteiger partial charge in [-0.2, -0.15) is 4.31 Å². The maximum atomic E-state index is 13.4. The van der Waals surface area contributed by atoms with Crippen LogP contribution in [0, 0.1) is 5.82 Å². The lowest BCUT2D eigenvalue weighted by atomic mass is 10.1. The molecule has 1 atom stereocenters. The molecule has 5 nitrogen and oxygen atoms in total. The van der Waals surface area contributed by atoms with E-state index in [1.807, 2.05) is 20.8 Å². The van der Waals surface area contributed by atoms with E-state index in [0.29, 0.717) is 0 Å². The Kier molecular flexibility index (Phi) is 4.36. The van der Waals surface area contributed by atoms with Crippen molar-refractivity contribution in [2.75, 3.05) is 18.8 Å². The molecule has 21 heavy (non-hydrogen) atoms. The van der Waals surface area contributed by atoms with E-state index in [0.717, 1.165) is 6.07 Å². The van der Waals surface area contributed by atoms with Crippen molar-refractivity contribution in [3.8, 4) is 0 Å². The van der Waals surface area contributed by atoms with Gasteiger partial charge < -0.3 is 10.5 Å². The van der Waals surface area contributed by atoms with E-state index in [9.17, 15) is 12.8 Å². The van der Waals surface area contributed by atoms with E-state index in [2.05, 4.69) is 15.9 Å². The van der Waals surface area contributed by atoms with Crippen LogP contribution in [0.25, 0.3) is 0 Å². The Morgan fingerprint density at radius 2 is 2.10 bits per heavy atom. The Labute approximate surface area is 132 Å². The molecule has 0 bridgehead atoms. The van der Waals surface area contributed by atoms with Crippen LogP contribution in [-0.4, -0.2) is 37.5 Å². The van der Waals surface area contributed by atoms with Gasteiger partial charge in [0.25, 0.3) is 0 Å². The van der Waals surface area contributed by atoms with Gasteiger partial charge in [-0.25, -0.2) is 12.8 Å². The first-order valence-electron chi connectivity index (χ1n) is 6.45. The lowest BCUT2D eigenvalue weighted by Crippen LogP contribution is -2.53. The number of rotatable bonds is 2. The first kappa shape index (κ1) is 16.7. The van der Waals surface area contributed by atoms with Gasteiger partial charge in [-0.15, -0.1) is 0 Å². The largest absolute Gasteiger partial charge is 0.398 e. The summed E-state index contributed by atoms with van der Waals surface area (Å²) in [7, 11) is -3.80. The normalized spacial score (nSPS) is 23.2. The monoisotopic (exact) mass is 380 g/mol. The van der Waals surface area contributed by atoms with Gasteiger partial charge >= 0.3 is 0 Å². The highest BCUT2D eigenvalue weighted by molar-refractivity contribution is 9.10. The van der Waals surface area contributed by atoms with E-state index < -0.39 is 21.4 Å². The number of nitrogen functional groups attached to an aromatic ring is 1. The maximum Gasteiger partial charge on any atom is 0.245 e. The fraction of sp³-hybridized carbons (Fsp3) is 0.538. The van der Waals surface area contributed by atoms with Crippen molar-refractivity contribution in [3.63, 3.8) is 0 Å². The van der Waals surface area contributed by atoms with Crippen molar-refractivity contribution in [1.29, 1.82) is 0 Å². The fourth-order valence-electron chi connectivity index (χ4n) is 2.48. The lowest BCUT2D eigenvalue weighted by Gasteiger charge is -2.41. The van der Waals surface area contributed by atoms with Gasteiger partial charge in [0.15, 0.2) is 0 Å². The average molecular weight is 381 g/mol. The van der Waals surface area contributed by atoms with Crippen molar-refractivity contribution in [3.05, 3.63) is 22.4 Å². The maximum absolute atomic E-state index is 13.4. The predicted octanol–water partition coefficient (Wildman–Crippen LogP) is 2.36. The SMILES string of the molecule is CC1CN(S(=O)(=O)c2cc(Br)c(F)cc2N)CC(C)(C)O1. The van der Waals surface area contributed by atoms with Crippen LogP contribution < -0.4 is 5.73 Å². The Morgan fingerprint density at radius 1 is 1.48 bits per heavy atom. The molecule has 118 valence electrons. The molecule has 8 heteroatoms. The molecule has 0 aromatic heterocycles. The third-order valence-electron chi connectivity index (χ3n) is 3.21. The molecule has 1 aliphatic rings. The second kappa shape index (κ2) is 5.49. The van der Waals surface area contributed by atoms with Gasteiger partial charge in [-0.3, -0.25) is 0 Å². The number of nitrogens with two attached hydrogens (primary N) is 1. The summed E-state index contributed by atoms with van der Waals surface area (Å²) >= 11 is 2.99. The van der Waals surface area contributed by atoms with Gasteiger partial charge in [0, 0.05) is 13.1 Å². The van der Waals surface area contributed by atoms with E-state index >= 15 is 0 Å². The molecule has 0 amide bonds. The quantitative estimate of drug-likeness (QED) is 0.799. The fourth-order valence-corrected chi connectivity index (χ4v) is 4.77. The topological polar surface area (TPSA) is 72.6 Å². The Bertz CT molecular complexity index is 664. The van der Waals surface area contributed by atoms with Crippen LogP contribution in [0.5, 0.6) is 0 Å². The first-order valence-corrected chi connectivity index (χ1v) is 8.69. The number of morpholine rings is 1. The van der Waals surface area contributed by atoms with Crippen molar-refractivity contribution in [1.82, 2.24) is 4.31 Å². The molecular formula is C13H18BrFN2O3S. The number of halogens is 2. The third-order valence-corrected chi connectivity index (χ3v) is 5.68. The number of ether oxygens (including phenoxy) is 1. The second-order valence-corrected chi connectivity index (χ2v) is 8.55. The average Bonchev–Trinajstić information content (AvgIpc) is 2.31. The number of anilines is 1. The van der Waals surface area contributed by atoms with Gasteiger partial charge in [0.05, 0.1) is 21.9 Å². The van der Waals surface area contributed by atoms with Crippen molar-refractivity contribution < 1.29 is 17.5 Å². The molecule has 1 aromatic rings. The molecular weight excluding hydrogens is 363 g/mol. The molecule has 1 heterocycles. The summed E-state index contributed by atoms with van der Waals surface area (Å²) in [5.74, 6) is -0.595. The number of nitrogens with zero attached hydrogens (tertiary/aromatic N) is 1. The van der Waals surface area contributed by atoms with Crippen LogP contribution in [-0.2, 0) is 14.8 Å². The molecule has 0 saturated carbocycles. The van der Waals surface area contributed by atoms with Crippen LogP contribution in [0.3, 0.4) is 0 Å².